The number of hydrogen-bond acceptors (Lipinski definition) is 4. The first-order chi connectivity index (χ1) is 12.9. The molecule has 2 atom stereocenters. The van der Waals surface area contributed by atoms with E-state index in [1.54, 1.807) is 0 Å². The number of hydrogen-bond donors (Lipinski definition) is 1. The molecule has 1 N–H and O–H groups in total. The molecule has 0 saturated heterocycles. The van der Waals surface area contributed by atoms with Gasteiger partial charge in [-0.25, -0.2) is 8.42 Å². The van der Waals surface area contributed by atoms with Gasteiger partial charge in [-0.1, -0.05) is 104 Å². The van der Waals surface area contributed by atoms with Gasteiger partial charge in [0.05, 0.1) is 16.2 Å². The Morgan fingerprint density at radius 1 is 0.679 bits per heavy atom. The second-order valence-electron chi connectivity index (χ2n) is 8.14. The quantitative estimate of drug-likeness (QED) is 0.183. The molecule has 0 aromatic rings. The number of unbranched alkanes of at least 4 members (excludes halogenated alkanes) is 12. The van der Waals surface area contributed by atoms with E-state index in [0.717, 1.165) is 51.4 Å². The maximum Gasteiger partial charge on any atom is 1.00 e. The Hall–Kier alpha value is 0.870. The normalized spacial score (nSPS) is 13.9. The summed E-state index contributed by atoms with van der Waals surface area (Å²) in [4.78, 5) is 0. The van der Waals surface area contributed by atoms with Gasteiger partial charge >= 0.3 is 29.6 Å². The molecule has 0 rings (SSSR count). The number of aliphatic hydroxyl groups excluding tert-OH is 1. The van der Waals surface area contributed by atoms with Crippen LogP contribution >= 0.6 is 0 Å². The van der Waals surface area contributed by atoms with E-state index >= 15 is 0 Å². The van der Waals surface area contributed by atoms with Gasteiger partial charge in [0.1, 0.15) is 0 Å². The summed E-state index contributed by atoms with van der Waals surface area (Å²) in [6.07, 6.45) is 18.4. The Morgan fingerprint density at radius 3 is 1.43 bits per heavy atom. The standard InChI is InChI=1S/C22H46O4S.Na/c1-3-5-6-7-8-9-10-11-12-13-16-19-22(27(24,25)26)20-17-14-15-18-21(23)4-2;/h21-23H,3-20H2,1-2H3,(H,24,25,26);/q;+1/p-1. The topological polar surface area (TPSA) is 77.4 Å². The Bertz CT molecular complexity index is 415. The van der Waals surface area contributed by atoms with E-state index in [9.17, 15) is 18.1 Å². The van der Waals surface area contributed by atoms with Gasteiger partial charge in [-0.3, -0.25) is 0 Å². The van der Waals surface area contributed by atoms with Crippen molar-refractivity contribution in [1.82, 2.24) is 0 Å². The summed E-state index contributed by atoms with van der Waals surface area (Å²) in [5, 5.41) is 8.80. The Labute approximate surface area is 197 Å². The van der Waals surface area contributed by atoms with Crippen LogP contribution in [0.4, 0.5) is 0 Å². The third-order valence-corrected chi connectivity index (χ3v) is 6.86. The van der Waals surface area contributed by atoms with Crippen molar-refractivity contribution in [2.24, 2.45) is 0 Å². The van der Waals surface area contributed by atoms with Crippen molar-refractivity contribution in [2.45, 2.75) is 141 Å². The fourth-order valence-corrected chi connectivity index (χ4v) is 4.51. The van der Waals surface area contributed by atoms with Crippen LogP contribution < -0.4 is 29.6 Å². The summed E-state index contributed by atoms with van der Waals surface area (Å²) < 4.78 is 34.4. The van der Waals surface area contributed by atoms with Crippen molar-refractivity contribution in [3.8, 4) is 0 Å². The molecule has 2 unspecified atom stereocenters. The summed E-state index contributed by atoms with van der Waals surface area (Å²) in [6, 6.07) is 0. The molecule has 0 heterocycles. The fourth-order valence-electron chi connectivity index (χ4n) is 3.60. The van der Waals surface area contributed by atoms with E-state index in [4.69, 9.17) is 0 Å². The first kappa shape index (κ1) is 31.1. The molecule has 6 heteroatoms. The van der Waals surface area contributed by atoms with Gasteiger partial charge in [-0.05, 0) is 25.7 Å². The van der Waals surface area contributed by atoms with Crippen LogP contribution in [0.15, 0.2) is 0 Å². The zero-order valence-corrected chi connectivity index (χ0v) is 21.8. The van der Waals surface area contributed by atoms with E-state index in [2.05, 4.69) is 6.92 Å². The molecule has 0 aliphatic heterocycles. The summed E-state index contributed by atoms with van der Waals surface area (Å²) >= 11 is 0. The molecular formula is C22H45NaO4S. The van der Waals surface area contributed by atoms with Crippen molar-refractivity contribution in [2.75, 3.05) is 0 Å². The maximum atomic E-state index is 11.5. The summed E-state index contributed by atoms with van der Waals surface area (Å²) in [7, 11) is -4.18. The summed E-state index contributed by atoms with van der Waals surface area (Å²) in [5.74, 6) is 0. The molecule has 0 aromatic heterocycles. The molecule has 0 amide bonds. The molecule has 0 spiro atoms. The Balaban J connectivity index is 0. The molecule has 0 saturated carbocycles. The predicted octanol–water partition coefficient (Wildman–Crippen LogP) is 3.33. The Morgan fingerprint density at radius 2 is 1.04 bits per heavy atom. The number of aliphatic hydroxyl groups is 1. The minimum absolute atomic E-state index is 0. The van der Waals surface area contributed by atoms with Crippen molar-refractivity contribution < 1.29 is 47.6 Å². The van der Waals surface area contributed by atoms with Gasteiger partial charge in [0.25, 0.3) is 0 Å². The Kier molecular flexibility index (Phi) is 23.4. The molecule has 0 aliphatic carbocycles. The van der Waals surface area contributed by atoms with Gasteiger partial charge in [0.2, 0.25) is 0 Å². The van der Waals surface area contributed by atoms with Crippen LogP contribution in [0.5, 0.6) is 0 Å². The molecule has 4 nitrogen and oxygen atoms in total. The molecule has 0 radical (unpaired) electrons. The monoisotopic (exact) mass is 428 g/mol. The fraction of sp³-hybridized carbons (Fsp3) is 1.00. The van der Waals surface area contributed by atoms with Crippen LogP contribution in [0.1, 0.15) is 129 Å². The predicted molar refractivity (Wildman–Crippen MR) is 114 cm³/mol. The minimum Gasteiger partial charge on any atom is -0.748 e. The molecule has 0 aliphatic rings. The minimum atomic E-state index is -4.18. The average molecular weight is 429 g/mol. The van der Waals surface area contributed by atoms with Crippen molar-refractivity contribution >= 4 is 10.1 Å². The molecule has 0 bridgehead atoms. The van der Waals surface area contributed by atoms with E-state index in [-0.39, 0.29) is 35.7 Å². The van der Waals surface area contributed by atoms with Gasteiger partial charge in [-0.15, -0.1) is 0 Å². The van der Waals surface area contributed by atoms with Crippen LogP contribution in [0.2, 0.25) is 0 Å². The van der Waals surface area contributed by atoms with Crippen LogP contribution in [-0.2, 0) is 10.1 Å². The van der Waals surface area contributed by atoms with Gasteiger partial charge < -0.3 is 9.66 Å². The first-order valence-corrected chi connectivity index (χ1v) is 13.0. The number of rotatable bonds is 20. The van der Waals surface area contributed by atoms with Gasteiger partial charge in [-0.2, -0.15) is 0 Å². The smallest absolute Gasteiger partial charge is 0.748 e. The molecule has 28 heavy (non-hydrogen) atoms. The second kappa shape index (κ2) is 21.1. The maximum absolute atomic E-state index is 11.5. The average Bonchev–Trinajstić information content (AvgIpc) is 2.62. The zero-order chi connectivity index (χ0) is 20.4. The van der Waals surface area contributed by atoms with Crippen LogP contribution in [-0.4, -0.2) is 29.4 Å². The second-order valence-corrected chi connectivity index (χ2v) is 9.79. The van der Waals surface area contributed by atoms with E-state index in [1.165, 1.54) is 51.4 Å². The van der Waals surface area contributed by atoms with E-state index in [1.807, 2.05) is 6.92 Å². The molecule has 0 fully saturated rings. The first-order valence-electron chi connectivity index (χ1n) is 11.5. The third kappa shape index (κ3) is 20.2. The van der Waals surface area contributed by atoms with Crippen molar-refractivity contribution in [1.29, 1.82) is 0 Å². The molecule has 0 aromatic carbocycles. The van der Waals surface area contributed by atoms with Crippen molar-refractivity contribution in [3.63, 3.8) is 0 Å². The summed E-state index contributed by atoms with van der Waals surface area (Å²) in [6.45, 7) is 4.19. The molecular weight excluding hydrogens is 383 g/mol. The van der Waals surface area contributed by atoms with Gasteiger partial charge in [0, 0.05) is 5.25 Å². The van der Waals surface area contributed by atoms with Gasteiger partial charge in [0.15, 0.2) is 0 Å². The van der Waals surface area contributed by atoms with E-state index < -0.39 is 15.4 Å². The van der Waals surface area contributed by atoms with Crippen LogP contribution in [0, 0.1) is 0 Å². The van der Waals surface area contributed by atoms with E-state index in [0.29, 0.717) is 12.8 Å². The third-order valence-electron chi connectivity index (χ3n) is 5.57. The van der Waals surface area contributed by atoms with Crippen LogP contribution in [0.3, 0.4) is 0 Å². The largest absolute Gasteiger partial charge is 1.00 e. The SMILES string of the molecule is CCCCCCCCCCCCCC(CCCCCC(O)CC)S(=O)(=O)[O-].[Na+]. The van der Waals surface area contributed by atoms with Crippen LogP contribution in [0.25, 0.3) is 0 Å². The summed E-state index contributed by atoms with van der Waals surface area (Å²) in [5.41, 5.74) is 0. The zero-order valence-electron chi connectivity index (χ0n) is 19.0. The van der Waals surface area contributed by atoms with Crippen molar-refractivity contribution in [3.05, 3.63) is 0 Å². The molecule has 164 valence electrons.